The second kappa shape index (κ2) is 11.5. The van der Waals surface area contributed by atoms with Gasteiger partial charge in [0.05, 0.1) is 0 Å². The molecule has 0 aliphatic carbocycles. The Labute approximate surface area is 153 Å². The Hall–Kier alpha value is -1.07. The monoisotopic (exact) mass is 337 g/mol. The van der Waals surface area contributed by atoms with Crippen LogP contribution in [-0.4, -0.2) is 18.3 Å². The van der Waals surface area contributed by atoms with Crippen molar-refractivity contribution < 1.29 is 0 Å². The Bertz CT molecular complexity index is 491. The van der Waals surface area contributed by atoms with Crippen LogP contribution in [-0.2, 0) is 13.1 Å². The smallest absolute Gasteiger partial charge is 0.373 e. The van der Waals surface area contributed by atoms with Crippen LogP contribution in [0.15, 0.2) is 60.7 Å². The zero-order chi connectivity index (χ0) is 17.0. The molecule has 0 aliphatic rings. The molecule has 0 radical (unpaired) electrons. The van der Waals surface area contributed by atoms with E-state index in [1.54, 1.807) is 0 Å². The summed E-state index contributed by atoms with van der Waals surface area (Å²) in [5, 5.41) is 2.91. The summed E-state index contributed by atoms with van der Waals surface area (Å²) in [6, 6.07) is 22.0. The lowest BCUT2D eigenvalue weighted by Gasteiger charge is -2.29. The van der Waals surface area contributed by atoms with Crippen LogP contribution >= 0.6 is 0 Å². The average Bonchev–Trinajstić information content (AvgIpc) is 2.63. The topological polar surface area (TPSA) is 3.24 Å². The SMILES string of the molecule is CCC[CH2][Al]([CH2]CCC)[N](Cc1ccccc1)Cc1ccccc1. The lowest BCUT2D eigenvalue weighted by Crippen LogP contribution is -2.38. The van der Waals surface area contributed by atoms with Crippen molar-refractivity contribution in [3.63, 3.8) is 0 Å². The standard InChI is InChI=1S/C14H14N.2C4H9.Al/c1-3-7-13(8-4-1)11-15-12-14-9-5-2-6-10-14;2*1-3-4-2;/h1-10H,11-12H2;2*1,3-4H2,2H3;/q-1;;;+1. The number of nitrogens with zero attached hydrogens (tertiary/aromatic N) is 1. The van der Waals surface area contributed by atoms with Crippen LogP contribution < -0.4 is 0 Å². The van der Waals surface area contributed by atoms with Crippen LogP contribution in [0.2, 0.25) is 10.6 Å². The van der Waals surface area contributed by atoms with Gasteiger partial charge >= 0.3 is 14.4 Å². The van der Waals surface area contributed by atoms with Crippen LogP contribution in [0.1, 0.15) is 50.7 Å². The van der Waals surface area contributed by atoms with Gasteiger partial charge in [-0.05, 0) is 11.1 Å². The van der Waals surface area contributed by atoms with E-state index in [0.717, 1.165) is 13.1 Å². The number of benzene rings is 2. The maximum atomic E-state index is 2.84. The largest absolute Gasteiger partial charge is 0.377 e. The second-order valence-electron chi connectivity index (χ2n) is 6.81. The molecule has 0 atom stereocenters. The summed E-state index contributed by atoms with van der Waals surface area (Å²) >= 11 is -0.890. The van der Waals surface area contributed by atoms with E-state index in [1.807, 2.05) is 0 Å². The highest BCUT2D eigenvalue weighted by Crippen LogP contribution is 2.19. The molecule has 0 saturated carbocycles. The highest BCUT2D eigenvalue weighted by molar-refractivity contribution is 6.55. The molecule has 0 N–H and O–H groups in total. The predicted octanol–water partition coefficient (Wildman–Crippen LogP) is 6.28. The summed E-state index contributed by atoms with van der Waals surface area (Å²) in [5.41, 5.74) is 2.91. The highest BCUT2D eigenvalue weighted by atomic mass is 27.2. The molecular formula is C22H32AlN. The van der Waals surface area contributed by atoms with E-state index in [9.17, 15) is 0 Å². The number of rotatable bonds is 11. The summed E-state index contributed by atoms with van der Waals surface area (Å²) in [6.07, 6.45) is 5.42. The van der Waals surface area contributed by atoms with Crippen LogP contribution in [0.5, 0.6) is 0 Å². The van der Waals surface area contributed by atoms with E-state index in [1.165, 1.54) is 47.4 Å². The van der Waals surface area contributed by atoms with Gasteiger partial charge in [-0.25, -0.2) is 0 Å². The fourth-order valence-corrected chi connectivity index (χ4v) is 7.05. The third-order valence-electron chi connectivity index (χ3n) is 4.76. The molecule has 0 bridgehead atoms. The van der Waals surface area contributed by atoms with Crippen molar-refractivity contribution in [1.29, 1.82) is 0 Å². The molecule has 0 heterocycles. The fraction of sp³-hybridized carbons (Fsp3) is 0.455. The molecule has 0 aromatic heterocycles. The molecule has 2 rings (SSSR count). The van der Waals surface area contributed by atoms with E-state index in [4.69, 9.17) is 0 Å². The van der Waals surface area contributed by atoms with E-state index in [-0.39, 0.29) is 0 Å². The van der Waals surface area contributed by atoms with Gasteiger partial charge in [0, 0.05) is 13.1 Å². The Balaban J connectivity index is 2.14. The Kier molecular flexibility index (Phi) is 9.21. The van der Waals surface area contributed by atoms with Crippen molar-refractivity contribution >= 4 is 14.4 Å². The van der Waals surface area contributed by atoms with Gasteiger partial charge in [0.15, 0.2) is 0 Å². The maximum Gasteiger partial charge on any atom is 0.373 e. The number of hydrogen-bond acceptors (Lipinski definition) is 1. The molecule has 0 aliphatic heterocycles. The lowest BCUT2D eigenvalue weighted by molar-refractivity contribution is 0.413. The predicted molar refractivity (Wildman–Crippen MR) is 107 cm³/mol. The minimum atomic E-state index is -0.890. The van der Waals surface area contributed by atoms with Crippen molar-refractivity contribution in [2.45, 2.75) is 63.2 Å². The van der Waals surface area contributed by atoms with Gasteiger partial charge < -0.3 is 3.88 Å². The van der Waals surface area contributed by atoms with Crippen molar-refractivity contribution in [1.82, 2.24) is 3.88 Å². The Morgan fingerprint density at radius 3 is 1.46 bits per heavy atom. The molecule has 2 aromatic rings. The van der Waals surface area contributed by atoms with Crippen molar-refractivity contribution in [2.75, 3.05) is 0 Å². The van der Waals surface area contributed by atoms with Crippen molar-refractivity contribution in [3.05, 3.63) is 71.8 Å². The summed E-state index contributed by atoms with van der Waals surface area (Å²) < 4.78 is 2.84. The first-order valence-corrected chi connectivity index (χ1v) is 11.8. The van der Waals surface area contributed by atoms with Crippen molar-refractivity contribution in [2.24, 2.45) is 0 Å². The first-order chi connectivity index (χ1) is 11.8. The van der Waals surface area contributed by atoms with Gasteiger partial charge in [-0.15, -0.1) is 0 Å². The van der Waals surface area contributed by atoms with Gasteiger partial charge in [0.2, 0.25) is 0 Å². The first-order valence-electron chi connectivity index (χ1n) is 9.65. The summed E-state index contributed by atoms with van der Waals surface area (Å²) in [5.74, 6) is 0. The van der Waals surface area contributed by atoms with Crippen LogP contribution in [0.4, 0.5) is 0 Å². The van der Waals surface area contributed by atoms with E-state index in [2.05, 4.69) is 78.4 Å². The summed E-state index contributed by atoms with van der Waals surface area (Å²) in [6.45, 7) is 6.87. The average molecular weight is 337 g/mol. The van der Waals surface area contributed by atoms with Crippen LogP contribution in [0.3, 0.4) is 0 Å². The second-order valence-corrected chi connectivity index (χ2v) is 10.0. The van der Waals surface area contributed by atoms with E-state index < -0.39 is 14.4 Å². The molecule has 0 saturated heterocycles. The third-order valence-corrected chi connectivity index (χ3v) is 8.30. The molecule has 0 amide bonds. The maximum absolute atomic E-state index is 2.84. The van der Waals surface area contributed by atoms with Gasteiger partial charge in [-0.3, -0.25) is 0 Å². The highest BCUT2D eigenvalue weighted by Gasteiger charge is 2.25. The molecule has 0 unspecified atom stereocenters. The molecule has 1 nitrogen and oxygen atoms in total. The van der Waals surface area contributed by atoms with Crippen LogP contribution in [0, 0.1) is 0 Å². The van der Waals surface area contributed by atoms with Crippen molar-refractivity contribution in [3.8, 4) is 0 Å². The lowest BCUT2D eigenvalue weighted by atomic mass is 10.2. The molecular weight excluding hydrogens is 305 g/mol. The molecule has 24 heavy (non-hydrogen) atoms. The number of unbranched alkanes of at least 4 members (excludes halogenated alkanes) is 2. The van der Waals surface area contributed by atoms with Gasteiger partial charge in [0.1, 0.15) is 0 Å². The van der Waals surface area contributed by atoms with Gasteiger partial charge in [-0.2, -0.15) is 0 Å². The zero-order valence-corrected chi connectivity index (χ0v) is 16.6. The minimum Gasteiger partial charge on any atom is -0.377 e. The van der Waals surface area contributed by atoms with E-state index in [0.29, 0.717) is 0 Å². The third kappa shape index (κ3) is 6.82. The summed E-state index contributed by atoms with van der Waals surface area (Å²) in [7, 11) is 0. The fourth-order valence-electron chi connectivity index (χ4n) is 3.34. The molecule has 128 valence electrons. The van der Waals surface area contributed by atoms with Gasteiger partial charge in [-0.1, -0.05) is 111 Å². The zero-order valence-electron chi connectivity index (χ0n) is 15.5. The normalized spacial score (nSPS) is 11.0. The molecule has 0 fully saturated rings. The first kappa shape index (κ1) is 19.3. The molecule has 0 spiro atoms. The van der Waals surface area contributed by atoms with Gasteiger partial charge in [0.25, 0.3) is 0 Å². The quantitative estimate of drug-likeness (QED) is 0.436. The van der Waals surface area contributed by atoms with Crippen LogP contribution in [0.25, 0.3) is 0 Å². The summed E-state index contributed by atoms with van der Waals surface area (Å²) in [4.78, 5) is 0. The Morgan fingerprint density at radius 1 is 0.667 bits per heavy atom. The molecule has 2 aromatic carbocycles. The Morgan fingerprint density at radius 2 is 1.08 bits per heavy atom. The molecule has 2 heteroatoms. The minimum absolute atomic E-state index is 0.890. The number of hydrogen-bond donors (Lipinski definition) is 0. The van der Waals surface area contributed by atoms with E-state index >= 15 is 0 Å².